The molecule has 21 heavy (non-hydrogen) atoms. The van der Waals surface area contributed by atoms with Crippen LogP contribution in [0.5, 0.6) is 0 Å². The first-order chi connectivity index (χ1) is 10.2. The molecule has 1 aromatic carbocycles. The normalized spacial score (nSPS) is 15.9. The van der Waals surface area contributed by atoms with Gasteiger partial charge in [-0.05, 0) is 56.3 Å². The van der Waals surface area contributed by atoms with Gasteiger partial charge < -0.3 is 10.6 Å². The summed E-state index contributed by atoms with van der Waals surface area (Å²) in [6.07, 6.45) is 3.57. The van der Waals surface area contributed by atoms with E-state index in [4.69, 9.17) is 0 Å². The second-order valence-electron chi connectivity index (χ2n) is 5.12. The van der Waals surface area contributed by atoms with Crippen molar-refractivity contribution in [2.75, 3.05) is 13.1 Å². The molecule has 1 amide bonds. The number of aromatic nitrogens is 2. The molecule has 5 nitrogen and oxygen atoms in total. The van der Waals surface area contributed by atoms with Crippen LogP contribution < -0.4 is 10.6 Å². The molecule has 0 atom stereocenters. The number of hydrogen-bond donors (Lipinski definition) is 2. The minimum atomic E-state index is -0.296. The Balaban J connectivity index is 1.69. The molecule has 3 rings (SSSR count). The summed E-state index contributed by atoms with van der Waals surface area (Å²) in [6.45, 7) is 1.85. The lowest BCUT2D eigenvalue weighted by molar-refractivity contribution is 0.0924. The summed E-state index contributed by atoms with van der Waals surface area (Å²) in [4.78, 5) is 12.1. The summed E-state index contributed by atoms with van der Waals surface area (Å²) < 4.78 is 14.5. The van der Waals surface area contributed by atoms with Crippen LogP contribution >= 0.6 is 0 Å². The van der Waals surface area contributed by atoms with Gasteiger partial charge in [0, 0.05) is 12.2 Å². The lowest BCUT2D eigenvalue weighted by atomic mass is 10.1. The Bertz CT molecular complexity index is 617. The number of amides is 1. The standard InChI is InChI=1S/C15H17FN4O/c16-11-1-3-13(4-2-11)20-10-7-14(19-20)15(21)18-12-5-8-17-9-6-12/h1-4,7,10,12,17H,5-6,8-9H2,(H,18,21). The molecule has 1 aliphatic rings. The van der Waals surface area contributed by atoms with Gasteiger partial charge in [-0.25, -0.2) is 9.07 Å². The van der Waals surface area contributed by atoms with Gasteiger partial charge in [-0.15, -0.1) is 0 Å². The Morgan fingerprint density at radius 3 is 2.67 bits per heavy atom. The molecule has 1 fully saturated rings. The maximum atomic E-state index is 12.9. The van der Waals surface area contributed by atoms with Crippen molar-refractivity contribution >= 4 is 5.91 Å². The first-order valence-corrected chi connectivity index (χ1v) is 7.05. The molecule has 6 heteroatoms. The molecule has 0 bridgehead atoms. The third-order valence-electron chi connectivity index (χ3n) is 3.59. The van der Waals surface area contributed by atoms with Crippen LogP contribution in [0.15, 0.2) is 36.5 Å². The highest BCUT2D eigenvalue weighted by atomic mass is 19.1. The molecular weight excluding hydrogens is 271 g/mol. The first kappa shape index (κ1) is 13.8. The number of carbonyl (C=O) groups excluding carboxylic acids is 1. The fourth-order valence-electron chi connectivity index (χ4n) is 2.41. The Hall–Kier alpha value is -2.21. The predicted octanol–water partition coefficient (Wildman–Crippen LogP) is 1.49. The van der Waals surface area contributed by atoms with Gasteiger partial charge in [-0.2, -0.15) is 5.10 Å². The number of carbonyl (C=O) groups is 1. The Morgan fingerprint density at radius 1 is 1.24 bits per heavy atom. The van der Waals surface area contributed by atoms with Gasteiger partial charge in [-0.1, -0.05) is 0 Å². The van der Waals surface area contributed by atoms with Crippen molar-refractivity contribution in [2.45, 2.75) is 18.9 Å². The minimum absolute atomic E-state index is 0.164. The number of halogens is 1. The lowest BCUT2D eigenvalue weighted by Crippen LogP contribution is -2.42. The van der Waals surface area contributed by atoms with E-state index in [2.05, 4.69) is 15.7 Å². The molecule has 1 aliphatic heterocycles. The minimum Gasteiger partial charge on any atom is -0.348 e. The van der Waals surface area contributed by atoms with Crippen LogP contribution in [0.4, 0.5) is 4.39 Å². The molecule has 0 saturated carbocycles. The van der Waals surface area contributed by atoms with Gasteiger partial charge in [0.2, 0.25) is 0 Å². The van der Waals surface area contributed by atoms with Crippen LogP contribution in [0.2, 0.25) is 0 Å². The van der Waals surface area contributed by atoms with Crippen molar-refractivity contribution in [3.63, 3.8) is 0 Å². The van der Waals surface area contributed by atoms with Crippen LogP contribution in [0.1, 0.15) is 23.3 Å². The van der Waals surface area contributed by atoms with E-state index in [-0.39, 0.29) is 17.8 Å². The van der Waals surface area contributed by atoms with Crippen LogP contribution in [-0.2, 0) is 0 Å². The molecule has 2 N–H and O–H groups in total. The second kappa shape index (κ2) is 6.05. The average Bonchev–Trinajstić information content (AvgIpc) is 2.99. The molecule has 0 unspecified atom stereocenters. The highest BCUT2D eigenvalue weighted by molar-refractivity contribution is 5.92. The topological polar surface area (TPSA) is 59.0 Å². The number of piperidine rings is 1. The molecule has 0 spiro atoms. The summed E-state index contributed by atoms with van der Waals surface area (Å²) in [5.41, 5.74) is 1.09. The Labute approximate surface area is 122 Å². The smallest absolute Gasteiger partial charge is 0.272 e. The summed E-state index contributed by atoms with van der Waals surface area (Å²) in [7, 11) is 0. The van der Waals surface area contributed by atoms with E-state index < -0.39 is 0 Å². The molecule has 0 radical (unpaired) electrons. The summed E-state index contributed by atoms with van der Waals surface area (Å²) >= 11 is 0. The van der Waals surface area contributed by atoms with E-state index in [0.29, 0.717) is 5.69 Å². The number of benzene rings is 1. The molecule has 0 aliphatic carbocycles. The van der Waals surface area contributed by atoms with E-state index >= 15 is 0 Å². The lowest BCUT2D eigenvalue weighted by Gasteiger charge is -2.23. The Kier molecular flexibility index (Phi) is 3.96. The molecular formula is C15H17FN4O. The largest absolute Gasteiger partial charge is 0.348 e. The predicted molar refractivity (Wildman–Crippen MR) is 76.9 cm³/mol. The molecule has 2 heterocycles. The number of nitrogens with one attached hydrogen (secondary N) is 2. The van der Waals surface area contributed by atoms with E-state index in [1.165, 1.54) is 12.1 Å². The van der Waals surface area contributed by atoms with E-state index in [9.17, 15) is 9.18 Å². The fraction of sp³-hybridized carbons (Fsp3) is 0.333. The summed E-state index contributed by atoms with van der Waals surface area (Å²) in [5, 5.41) is 10.5. The third-order valence-corrected chi connectivity index (χ3v) is 3.59. The van der Waals surface area contributed by atoms with Crippen LogP contribution in [0.3, 0.4) is 0 Å². The van der Waals surface area contributed by atoms with Gasteiger partial charge >= 0.3 is 0 Å². The van der Waals surface area contributed by atoms with Crippen molar-refractivity contribution < 1.29 is 9.18 Å². The number of rotatable bonds is 3. The maximum absolute atomic E-state index is 12.9. The fourth-order valence-corrected chi connectivity index (χ4v) is 2.41. The van der Waals surface area contributed by atoms with Gasteiger partial charge in [-0.3, -0.25) is 4.79 Å². The number of nitrogens with zero attached hydrogens (tertiary/aromatic N) is 2. The van der Waals surface area contributed by atoms with Crippen LogP contribution in [0.25, 0.3) is 5.69 Å². The van der Waals surface area contributed by atoms with Gasteiger partial charge in [0.1, 0.15) is 5.82 Å². The Morgan fingerprint density at radius 2 is 1.95 bits per heavy atom. The highest BCUT2D eigenvalue weighted by Gasteiger charge is 2.17. The molecule has 110 valence electrons. The zero-order valence-electron chi connectivity index (χ0n) is 11.6. The van der Waals surface area contributed by atoms with Crippen molar-refractivity contribution in [1.82, 2.24) is 20.4 Å². The summed E-state index contributed by atoms with van der Waals surface area (Å²) in [6, 6.07) is 7.85. The zero-order chi connectivity index (χ0) is 14.7. The first-order valence-electron chi connectivity index (χ1n) is 7.05. The average molecular weight is 288 g/mol. The van der Waals surface area contributed by atoms with Gasteiger partial charge in [0.15, 0.2) is 5.69 Å². The molecule has 1 aromatic heterocycles. The van der Waals surface area contributed by atoms with E-state index in [1.54, 1.807) is 29.1 Å². The van der Waals surface area contributed by atoms with Crippen molar-refractivity contribution in [3.05, 3.63) is 48.0 Å². The molecule has 2 aromatic rings. The van der Waals surface area contributed by atoms with Crippen molar-refractivity contribution in [2.24, 2.45) is 0 Å². The van der Waals surface area contributed by atoms with Crippen LogP contribution in [0, 0.1) is 5.82 Å². The zero-order valence-corrected chi connectivity index (χ0v) is 11.6. The number of hydrogen-bond acceptors (Lipinski definition) is 3. The van der Waals surface area contributed by atoms with Crippen molar-refractivity contribution in [1.29, 1.82) is 0 Å². The SMILES string of the molecule is O=C(NC1CCNCC1)c1ccn(-c2ccc(F)cc2)n1. The third kappa shape index (κ3) is 3.28. The van der Waals surface area contributed by atoms with Gasteiger partial charge in [0.05, 0.1) is 5.69 Å². The monoisotopic (exact) mass is 288 g/mol. The second-order valence-corrected chi connectivity index (χ2v) is 5.12. The van der Waals surface area contributed by atoms with E-state index in [1.807, 2.05) is 0 Å². The van der Waals surface area contributed by atoms with E-state index in [0.717, 1.165) is 31.6 Å². The summed E-state index contributed by atoms with van der Waals surface area (Å²) in [5.74, 6) is -0.461. The maximum Gasteiger partial charge on any atom is 0.272 e. The molecule has 1 saturated heterocycles. The quantitative estimate of drug-likeness (QED) is 0.899. The van der Waals surface area contributed by atoms with Crippen LogP contribution in [-0.4, -0.2) is 34.8 Å². The highest BCUT2D eigenvalue weighted by Crippen LogP contribution is 2.10. The van der Waals surface area contributed by atoms with Crippen molar-refractivity contribution in [3.8, 4) is 5.69 Å². The van der Waals surface area contributed by atoms with Gasteiger partial charge in [0.25, 0.3) is 5.91 Å².